The van der Waals surface area contributed by atoms with Gasteiger partial charge >= 0.3 is 6.18 Å². The first-order chi connectivity index (χ1) is 19.7. The van der Waals surface area contributed by atoms with E-state index in [-0.39, 0.29) is 37.3 Å². The molecule has 1 aliphatic rings. The molecule has 1 fully saturated rings. The molecule has 3 unspecified atom stereocenters. The Bertz CT molecular complexity index is 1290. The number of hydrogen-bond acceptors (Lipinski definition) is 5. The highest BCUT2D eigenvalue weighted by atomic mass is 127. The molecule has 5 N–H and O–H groups in total. The van der Waals surface area contributed by atoms with E-state index in [2.05, 4.69) is 16.0 Å². The van der Waals surface area contributed by atoms with E-state index in [1.165, 1.54) is 31.0 Å². The maximum Gasteiger partial charge on any atom is 0.416 e. The molecular weight excluding hydrogens is 666 g/mol. The molecule has 0 aliphatic carbocycles. The molecule has 0 aromatic heterocycles. The summed E-state index contributed by atoms with van der Waals surface area (Å²) in [6.45, 7) is 3.40. The van der Waals surface area contributed by atoms with Crippen molar-refractivity contribution in [2.24, 2.45) is 5.73 Å². The first-order valence-corrected chi connectivity index (χ1v) is 14.6. The first kappa shape index (κ1) is 33.3. The van der Waals surface area contributed by atoms with E-state index in [4.69, 9.17) is 5.73 Å². The van der Waals surface area contributed by atoms with Gasteiger partial charge in [0.1, 0.15) is 12.1 Å². The molecule has 1 heterocycles. The molecule has 4 amide bonds. The van der Waals surface area contributed by atoms with Crippen LogP contribution in [0.15, 0.2) is 54.6 Å². The SMILES string of the molecule is CCC(NC(=O)C(C)N)C(=O)N1C[C@@H](c2ccccc2)C[C@H]1C(=O)NC(I)(Cc1cccc(C(F)(F)F)c1)C(=O)NC. The number of carbonyl (C=O) groups is 4. The van der Waals surface area contributed by atoms with Crippen molar-refractivity contribution in [3.63, 3.8) is 0 Å². The van der Waals surface area contributed by atoms with Crippen LogP contribution in [0.2, 0.25) is 0 Å². The molecule has 9 nitrogen and oxygen atoms in total. The molecule has 1 saturated heterocycles. The molecule has 228 valence electrons. The lowest BCUT2D eigenvalue weighted by atomic mass is 9.96. The highest BCUT2D eigenvalue weighted by Gasteiger charge is 2.46. The van der Waals surface area contributed by atoms with Gasteiger partial charge in [0.25, 0.3) is 5.91 Å². The third-order valence-electron chi connectivity index (χ3n) is 7.20. The first-order valence-electron chi connectivity index (χ1n) is 13.5. The number of likely N-dealkylation sites (tertiary alicyclic amines) is 1. The molecule has 0 spiro atoms. The molecule has 5 atom stereocenters. The summed E-state index contributed by atoms with van der Waals surface area (Å²) in [6, 6.07) is 11.1. The van der Waals surface area contributed by atoms with Gasteiger partial charge in [0.2, 0.25) is 17.7 Å². The van der Waals surface area contributed by atoms with Gasteiger partial charge in [0.15, 0.2) is 3.55 Å². The fourth-order valence-corrected chi connectivity index (χ4v) is 5.91. The third-order valence-corrected chi connectivity index (χ3v) is 8.35. The number of halogens is 4. The Morgan fingerprint density at radius 3 is 2.33 bits per heavy atom. The van der Waals surface area contributed by atoms with Gasteiger partial charge in [0, 0.05) is 25.9 Å². The van der Waals surface area contributed by atoms with E-state index in [1.807, 2.05) is 30.3 Å². The monoisotopic (exact) mass is 701 g/mol. The highest BCUT2D eigenvalue weighted by Crippen LogP contribution is 2.34. The topological polar surface area (TPSA) is 134 Å². The Hall–Kier alpha value is -3.20. The molecule has 1 aliphatic heterocycles. The summed E-state index contributed by atoms with van der Waals surface area (Å²) < 4.78 is 38.3. The van der Waals surface area contributed by atoms with Gasteiger partial charge in [-0.05, 0) is 59.5 Å². The summed E-state index contributed by atoms with van der Waals surface area (Å²) in [5.41, 5.74) is 5.90. The van der Waals surface area contributed by atoms with Crippen LogP contribution in [0.25, 0.3) is 0 Å². The number of nitrogens with zero attached hydrogens (tertiary/aromatic N) is 1. The Kier molecular flexibility index (Phi) is 11.0. The largest absolute Gasteiger partial charge is 0.416 e. The minimum absolute atomic E-state index is 0.188. The average Bonchev–Trinajstić information content (AvgIpc) is 3.41. The van der Waals surface area contributed by atoms with Gasteiger partial charge in [0.05, 0.1) is 11.6 Å². The van der Waals surface area contributed by atoms with Crippen molar-refractivity contribution in [2.45, 2.75) is 66.9 Å². The normalized spacial score (nSPS) is 19.8. The standard InChI is InChI=1S/C29H35F3IN5O4/c1-4-22(36-24(39)17(2)34)26(41)38-16-20(19-10-6-5-7-11-19)14-23(38)25(40)37-28(33,27(42)35-3)15-18-9-8-12-21(13-18)29(30,31)32/h5-13,17,20,22-23H,4,14-16,34H2,1-3H3,(H,35,42)(H,36,39)(H,37,40)/t17?,20-,22?,23-,28?/m0/s1. The molecule has 13 heteroatoms. The number of nitrogens with two attached hydrogens (primary N) is 1. The van der Waals surface area contributed by atoms with Crippen LogP contribution < -0.4 is 21.7 Å². The maximum absolute atomic E-state index is 13.9. The van der Waals surface area contributed by atoms with Gasteiger partial charge in [-0.25, -0.2) is 0 Å². The van der Waals surface area contributed by atoms with Gasteiger partial charge in [-0.1, -0.05) is 55.5 Å². The van der Waals surface area contributed by atoms with Crippen molar-refractivity contribution in [2.75, 3.05) is 13.6 Å². The zero-order valence-electron chi connectivity index (χ0n) is 23.5. The molecule has 2 aromatic rings. The van der Waals surface area contributed by atoms with Crippen molar-refractivity contribution in [3.8, 4) is 0 Å². The Morgan fingerprint density at radius 2 is 1.76 bits per heavy atom. The van der Waals surface area contributed by atoms with Gasteiger partial charge in [-0.15, -0.1) is 0 Å². The van der Waals surface area contributed by atoms with Crippen LogP contribution in [0.3, 0.4) is 0 Å². The lowest BCUT2D eigenvalue weighted by Gasteiger charge is -2.32. The number of rotatable bonds is 10. The van der Waals surface area contributed by atoms with Crippen molar-refractivity contribution >= 4 is 46.2 Å². The van der Waals surface area contributed by atoms with Crippen LogP contribution in [0.5, 0.6) is 0 Å². The fourth-order valence-electron chi connectivity index (χ4n) is 4.93. The van der Waals surface area contributed by atoms with Crippen LogP contribution in [0.4, 0.5) is 13.2 Å². The van der Waals surface area contributed by atoms with E-state index in [9.17, 15) is 32.3 Å². The summed E-state index contributed by atoms with van der Waals surface area (Å²) in [6.07, 6.45) is -4.33. The molecule has 0 saturated carbocycles. The predicted molar refractivity (Wildman–Crippen MR) is 159 cm³/mol. The number of carbonyl (C=O) groups excluding carboxylic acids is 4. The summed E-state index contributed by atoms with van der Waals surface area (Å²) in [7, 11) is 1.36. The third kappa shape index (κ3) is 8.00. The van der Waals surface area contributed by atoms with Crippen molar-refractivity contribution in [1.29, 1.82) is 0 Å². The Morgan fingerprint density at radius 1 is 1.10 bits per heavy atom. The Labute approximate surface area is 256 Å². The summed E-state index contributed by atoms with van der Waals surface area (Å²) in [5.74, 6) is -2.45. The zero-order valence-corrected chi connectivity index (χ0v) is 25.7. The molecule has 0 radical (unpaired) electrons. The summed E-state index contributed by atoms with van der Waals surface area (Å²) in [4.78, 5) is 54.3. The molecule has 3 rings (SSSR count). The van der Waals surface area contributed by atoms with E-state index < -0.39 is 57.0 Å². The average molecular weight is 702 g/mol. The second-order valence-electron chi connectivity index (χ2n) is 10.4. The number of hydrogen-bond donors (Lipinski definition) is 4. The summed E-state index contributed by atoms with van der Waals surface area (Å²) in [5, 5.41) is 7.83. The van der Waals surface area contributed by atoms with Crippen LogP contribution in [0.1, 0.15) is 49.3 Å². The van der Waals surface area contributed by atoms with Gasteiger partial charge < -0.3 is 26.6 Å². The number of benzene rings is 2. The lowest BCUT2D eigenvalue weighted by molar-refractivity contribution is -0.142. The van der Waals surface area contributed by atoms with Gasteiger partial charge in [-0.3, -0.25) is 19.2 Å². The van der Waals surface area contributed by atoms with Gasteiger partial charge in [-0.2, -0.15) is 13.2 Å². The fraction of sp³-hybridized carbons (Fsp3) is 0.448. The second kappa shape index (κ2) is 13.8. The minimum atomic E-state index is -4.58. The van der Waals surface area contributed by atoms with Crippen molar-refractivity contribution in [3.05, 3.63) is 71.3 Å². The van der Waals surface area contributed by atoms with E-state index in [0.29, 0.717) is 0 Å². The highest BCUT2D eigenvalue weighted by molar-refractivity contribution is 14.1. The van der Waals surface area contributed by atoms with Crippen molar-refractivity contribution in [1.82, 2.24) is 20.9 Å². The molecule has 2 aromatic carbocycles. The quantitative estimate of drug-likeness (QED) is 0.172. The predicted octanol–water partition coefficient (Wildman–Crippen LogP) is 2.87. The molecule has 42 heavy (non-hydrogen) atoms. The van der Waals surface area contributed by atoms with Crippen LogP contribution >= 0.6 is 22.6 Å². The zero-order chi connectivity index (χ0) is 31.2. The smallest absolute Gasteiger partial charge is 0.356 e. The Balaban J connectivity index is 1.93. The maximum atomic E-state index is 13.9. The number of nitrogens with one attached hydrogen (secondary N) is 3. The van der Waals surface area contributed by atoms with E-state index >= 15 is 0 Å². The number of likely N-dealkylation sites (N-methyl/N-ethyl adjacent to an activating group) is 1. The lowest BCUT2D eigenvalue weighted by Crippen LogP contribution is -2.60. The van der Waals surface area contributed by atoms with Crippen LogP contribution in [-0.4, -0.2) is 63.8 Å². The van der Waals surface area contributed by atoms with Crippen LogP contribution in [-0.2, 0) is 31.8 Å². The number of alkyl halides is 4. The number of amides is 4. The second-order valence-corrected chi connectivity index (χ2v) is 12.2. The minimum Gasteiger partial charge on any atom is -0.356 e. The van der Waals surface area contributed by atoms with Crippen LogP contribution in [0, 0.1) is 0 Å². The van der Waals surface area contributed by atoms with E-state index in [0.717, 1.165) is 17.7 Å². The molecule has 0 bridgehead atoms. The van der Waals surface area contributed by atoms with Crippen molar-refractivity contribution < 1.29 is 32.3 Å². The summed E-state index contributed by atoms with van der Waals surface area (Å²) >= 11 is 1.72. The molecular formula is C29H35F3IN5O4. The van der Waals surface area contributed by atoms with E-state index in [1.54, 1.807) is 29.5 Å².